The van der Waals surface area contributed by atoms with Crippen LogP contribution in [0.25, 0.3) is 11.0 Å². The number of carbonyl (C=O) groups excluding carboxylic acids is 1. The van der Waals surface area contributed by atoms with Crippen molar-refractivity contribution in [2.75, 3.05) is 10.6 Å². The molecule has 0 spiro atoms. The van der Waals surface area contributed by atoms with Crippen molar-refractivity contribution in [1.29, 1.82) is 0 Å². The van der Waals surface area contributed by atoms with Gasteiger partial charge in [-0.3, -0.25) is 9.13 Å². The first kappa shape index (κ1) is 20.3. The molecule has 7 heteroatoms. The highest BCUT2D eigenvalue weighted by Crippen LogP contribution is 2.33. The van der Waals surface area contributed by atoms with Crippen LogP contribution in [0.4, 0.5) is 16.2 Å². The number of rotatable bonds is 4. The average molecular weight is 416 g/mol. The standard InChI is InChI=1S/C24H24N4O3/c1-15-9-8-12-18(16(15)2)25-23(29)26-19-13-20-21(28(4)24(30)27(20)3)14-22(19)31-17-10-6-5-7-11-17/h5-14H,1-4H3,(H2,25,26,29). The summed E-state index contributed by atoms with van der Waals surface area (Å²) >= 11 is 0. The van der Waals surface area contributed by atoms with Crippen LogP contribution in [0.1, 0.15) is 11.1 Å². The molecule has 0 saturated carbocycles. The first-order chi connectivity index (χ1) is 14.8. The first-order valence-electron chi connectivity index (χ1n) is 9.91. The van der Waals surface area contributed by atoms with Crippen molar-refractivity contribution in [2.45, 2.75) is 13.8 Å². The Morgan fingerprint density at radius 1 is 0.839 bits per heavy atom. The third-order valence-electron chi connectivity index (χ3n) is 5.45. The predicted octanol–water partition coefficient (Wildman–Crippen LogP) is 4.93. The maximum Gasteiger partial charge on any atom is 0.328 e. The van der Waals surface area contributed by atoms with Gasteiger partial charge in [0.2, 0.25) is 0 Å². The number of fused-ring (bicyclic) bond motifs is 1. The molecule has 0 fully saturated rings. The molecule has 158 valence electrons. The van der Waals surface area contributed by atoms with Crippen LogP contribution in [-0.4, -0.2) is 15.2 Å². The quantitative estimate of drug-likeness (QED) is 0.495. The molecule has 0 aliphatic carbocycles. The topological polar surface area (TPSA) is 77.3 Å². The number of anilines is 2. The van der Waals surface area contributed by atoms with E-state index >= 15 is 0 Å². The van der Waals surface area contributed by atoms with Gasteiger partial charge in [0.15, 0.2) is 5.75 Å². The van der Waals surface area contributed by atoms with Gasteiger partial charge in [0.25, 0.3) is 0 Å². The molecule has 4 rings (SSSR count). The van der Waals surface area contributed by atoms with E-state index in [4.69, 9.17) is 4.74 Å². The zero-order valence-electron chi connectivity index (χ0n) is 17.9. The van der Waals surface area contributed by atoms with Gasteiger partial charge in [-0.15, -0.1) is 0 Å². The van der Waals surface area contributed by atoms with E-state index in [1.54, 1.807) is 30.8 Å². The summed E-state index contributed by atoms with van der Waals surface area (Å²) in [6, 6.07) is 18.1. The second kappa shape index (κ2) is 8.02. The van der Waals surface area contributed by atoms with Gasteiger partial charge in [-0.1, -0.05) is 30.3 Å². The molecule has 0 saturated heterocycles. The number of ether oxygens (including phenoxy) is 1. The van der Waals surface area contributed by atoms with Crippen LogP contribution in [-0.2, 0) is 14.1 Å². The van der Waals surface area contributed by atoms with Gasteiger partial charge < -0.3 is 15.4 Å². The van der Waals surface area contributed by atoms with Gasteiger partial charge in [-0.05, 0) is 49.2 Å². The summed E-state index contributed by atoms with van der Waals surface area (Å²) in [5.74, 6) is 1.07. The van der Waals surface area contributed by atoms with E-state index in [1.165, 1.54) is 4.57 Å². The fourth-order valence-corrected chi connectivity index (χ4v) is 3.49. The van der Waals surface area contributed by atoms with E-state index in [-0.39, 0.29) is 5.69 Å². The summed E-state index contributed by atoms with van der Waals surface area (Å²) in [6.07, 6.45) is 0. The largest absolute Gasteiger partial charge is 0.455 e. The molecule has 31 heavy (non-hydrogen) atoms. The maximum absolute atomic E-state index is 12.8. The number of aromatic nitrogens is 2. The van der Waals surface area contributed by atoms with Crippen molar-refractivity contribution in [2.24, 2.45) is 14.1 Å². The second-order valence-electron chi connectivity index (χ2n) is 7.48. The molecule has 0 atom stereocenters. The Kier molecular flexibility index (Phi) is 5.25. The molecule has 0 aliphatic heterocycles. The number of hydrogen-bond donors (Lipinski definition) is 2. The minimum Gasteiger partial charge on any atom is -0.455 e. The van der Waals surface area contributed by atoms with Gasteiger partial charge in [0.05, 0.1) is 16.7 Å². The number of para-hydroxylation sites is 1. The fraction of sp³-hybridized carbons (Fsp3) is 0.167. The van der Waals surface area contributed by atoms with E-state index in [9.17, 15) is 9.59 Å². The van der Waals surface area contributed by atoms with Gasteiger partial charge in [0.1, 0.15) is 5.75 Å². The Morgan fingerprint density at radius 3 is 2.19 bits per heavy atom. The monoisotopic (exact) mass is 416 g/mol. The molecule has 3 aromatic carbocycles. The lowest BCUT2D eigenvalue weighted by Gasteiger charge is -2.15. The van der Waals surface area contributed by atoms with Gasteiger partial charge >= 0.3 is 11.7 Å². The summed E-state index contributed by atoms with van der Waals surface area (Å²) in [5, 5.41) is 5.76. The highest BCUT2D eigenvalue weighted by atomic mass is 16.5. The summed E-state index contributed by atoms with van der Waals surface area (Å²) in [4.78, 5) is 25.2. The highest BCUT2D eigenvalue weighted by molar-refractivity contribution is 6.02. The smallest absolute Gasteiger partial charge is 0.328 e. The number of nitrogens with zero attached hydrogens (tertiary/aromatic N) is 2. The van der Waals surface area contributed by atoms with E-state index in [0.29, 0.717) is 28.2 Å². The molecule has 0 bridgehead atoms. The van der Waals surface area contributed by atoms with Crippen LogP contribution in [0.2, 0.25) is 0 Å². The van der Waals surface area contributed by atoms with Crippen LogP contribution in [0.3, 0.4) is 0 Å². The lowest BCUT2D eigenvalue weighted by molar-refractivity contribution is 0.262. The van der Waals surface area contributed by atoms with E-state index in [1.807, 2.05) is 62.4 Å². The minimum absolute atomic E-state index is 0.155. The van der Waals surface area contributed by atoms with Crippen molar-refractivity contribution in [3.8, 4) is 11.5 Å². The zero-order valence-corrected chi connectivity index (χ0v) is 17.9. The molecule has 0 aliphatic rings. The van der Waals surface area contributed by atoms with Crippen molar-refractivity contribution >= 4 is 28.4 Å². The molecule has 1 heterocycles. The number of hydrogen-bond acceptors (Lipinski definition) is 3. The molecular formula is C24H24N4O3. The molecule has 7 nitrogen and oxygen atoms in total. The molecule has 2 N–H and O–H groups in total. The summed E-state index contributed by atoms with van der Waals surface area (Å²) < 4.78 is 9.13. The molecule has 2 amide bonds. The number of imidazole rings is 1. The number of aryl methyl sites for hydroxylation is 3. The number of benzene rings is 3. The van der Waals surface area contributed by atoms with Crippen molar-refractivity contribution < 1.29 is 9.53 Å². The van der Waals surface area contributed by atoms with Crippen molar-refractivity contribution in [3.63, 3.8) is 0 Å². The Labute approximate surface area is 179 Å². The lowest BCUT2D eigenvalue weighted by atomic mass is 10.1. The fourth-order valence-electron chi connectivity index (χ4n) is 3.49. The summed E-state index contributed by atoms with van der Waals surface area (Å²) in [5.41, 5.74) is 4.52. The van der Waals surface area contributed by atoms with E-state index < -0.39 is 6.03 Å². The molecular weight excluding hydrogens is 392 g/mol. The Bertz CT molecular complexity index is 1340. The van der Waals surface area contributed by atoms with E-state index in [0.717, 1.165) is 16.8 Å². The van der Waals surface area contributed by atoms with Crippen LogP contribution >= 0.6 is 0 Å². The Hall–Kier alpha value is -4.00. The molecule has 4 aromatic rings. The summed E-state index contributed by atoms with van der Waals surface area (Å²) in [7, 11) is 3.40. The van der Waals surface area contributed by atoms with Crippen LogP contribution in [0, 0.1) is 13.8 Å². The SMILES string of the molecule is Cc1cccc(NC(=O)Nc2cc3c(cc2Oc2ccccc2)n(C)c(=O)n3C)c1C. The van der Waals surface area contributed by atoms with Crippen LogP contribution in [0.15, 0.2) is 65.5 Å². The van der Waals surface area contributed by atoms with E-state index in [2.05, 4.69) is 10.6 Å². The van der Waals surface area contributed by atoms with Gasteiger partial charge in [0, 0.05) is 25.8 Å². The molecule has 1 aromatic heterocycles. The lowest BCUT2D eigenvalue weighted by Crippen LogP contribution is -2.20. The zero-order chi connectivity index (χ0) is 22.1. The number of urea groups is 1. The van der Waals surface area contributed by atoms with Crippen LogP contribution < -0.4 is 21.1 Å². The second-order valence-corrected chi connectivity index (χ2v) is 7.48. The normalized spacial score (nSPS) is 10.8. The van der Waals surface area contributed by atoms with Gasteiger partial charge in [-0.2, -0.15) is 0 Å². The number of nitrogens with one attached hydrogen (secondary N) is 2. The number of amides is 2. The Morgan fingerprint density at radius 2 is 1.48 bits per heavy atom. The number of carbonyl (C=O) groups is 1. The Balaban J connectivity index is 1.73. The summed E-state index contributed by atoms with van der Waals surface area (Å²) in [6.45, 7) is 3.95. The first-order valence-corrected chi connectivity index (χ1v) is 9.91. The van der Waals surface area contributed by atoms with Gasteiger partial charge in [-0.25, -0.2) is 9.59 Å². The van der Waals surface area contributed by atoms with Crippen molar-refractivity contribution in [1.82, 2.24) is 9.13 Å². The van der Waals surface area contributed by atoms with Crippen LogP contribution in [0.5, 0.6) is 11.5 Å². The minimum atomic E-state index is -0.396. The molecule has 0 unspecified atom stereocenters. The highest BCUT2D eigenvalue weighted by Gasteiger charge is 2.16. The third kappa shape index (κ3) is 3.90. The van der Waals surface area contributed by atoms with Crippen molar-refractivity contribution in [3.05, 3.63) is 82.3 Å². The maximum atomic E-state index is 12.8. The molecule has 0 radical (unpaired) electrons. The third-order valence-corrected chi connectivity index (χ3v) is 5.45. The average Bonchev–Trinajstić information content (AvgIpc) is 2.96. The predicted molar refractivity (Wildman–Crippen MR) is 123 cm³/mol.